The Labute approximate surface area is 217 Å². The summed E-state index contributed by atoms with van der Waals surface area (Å²) < 4.78 is 12.9. The van der Waals surface area contributed by atoms with Gasteiger partial charge in [-0.25, -0.2) is 0 Å². The second-order valence-corrected chi connectivity index (χ2v) is 10.5. The normalized spacial score (nSPS) is 17.9. The van der Waals surface area contributed by atoms with Gasteiger partial charge in [-0.1, -0.05) is 40.0 Å². The van der Waals surface area contributed by atoms with Crippen LogP contribution in [0.1, 0.15) is 71.3 Å². The zero-order chi connectivity index (χ0) is 24.6. The summed E-state index contributed by atoms with van der Waals surface area (Å²) in [6.45, 7) is 8.88. The van der Waals surface area contributed by atoms with Gasteiger partial charge in [-0.2, -0.15) is 0 Å². The molecule has 182 valence electrons. The second kappa shape index (κ2) is 10.3. The summed E-state index contributed by atoms with van der Waals surface area (Å²) in [7, 11) is 0. The third kappa shape index (κ3) is 4.35. The van der Waals surface area contributed by atoms with Gasteiger partial charge >= 0.3 is 0 Å². The van der Waals surface area contributed by atoms with Gasteiger partial charge in [-0.15, -0.1) is 0 Å². The number of hydrogen-bond donors (Lipinski definition) is 0. The van der Waals surface area contributed by atoms with Gasteiger partial charge in [0.15, 0.2) is 20.9 Å². The van der Waals surface area contributed by atoms with Gasteiger partial charge in [-0.05, 0) is 81.8 Å². The van der Waals surface area contributed by atoms with E-state index >= 15 is 0 Å². The van der Waals surface area contributed by atoms with E-state index in [1.165, 1.54) is 0 Å². The summed E-state index contributed by atoms with van der Waals surface area (Å²) in [5.74, 6) is 0.980. The van der Waals surface area contributed by atoms with Gasteiger partial charge in [0.25, 0.3) is 11.8 Å². The molecule has 2 unspecified atom stereocenters. The average molecular weight is 594 g/mol. The molecule has 0 saturated heterocycles. The Kier molecular flexibility index (Phi) is 7.57. The molecule has 0 radical (unpaired) electrons. The fourth-order valence-corrected chi connectivity index (χ4v) is 5.31. The van der Waals surface area contributed by atoms with Crippen LogP contribution in [0.4, 0.5) is 0 Å². The van der Waals surface area contributed by atoms with Gasteiger partial charge < -0.3 is 18.6 Å². The molecular weight excluding hydrogens is 564 g/mol. The highest BCUT2D eigenvalue weighted by Crippen LogP contribution is 2.48. The summed E-state index contributed by atoms with van der Waals surface area (Å²) in [4.78, 5) is 31.4. The predicted molar refractivity (Wildman–Crippen MR) is 138 cm³/mol. The van der Waals surface area contributed by atoms with E-state index in [1.807, 2.05) is 19.9 Å². The first kappa shape index (κ1) is 25.0. The quantitative estimate of drug-likeness (QED) is 0.292. The van der Waals surface area contributed by atoms with Crippen molar-refractivity contribution in [1.29, 1.82) is 0 Å². The van der Waals surface area contributed by atoms with Gasteiger partial charge in [-0.3, -0.25) is 9.59 Å². The first-order valence-corrected chi connectivity index (χ1v) is 13.6. The second-order valence-electron chi connectivity index (χ2n) is 8.92. The van der Waals surface area contributed by atoms with E-state index in [1.54, 1.807) is 28.0 Å². The van der Waals surface area contributed by atoms with Crippen molar-refractivity contribution >= 4 is 55.1 Å². The maximum absolute atomic E-state index is 14.0. The topological polar surface area (TPSA) is 66.9 Å². The van der Waals surface area contributed by atoms with E-state index in [9.17, 15) is 9.59 Å². The number of carbonyl (C=O) groups is 2. The van der Waals surface area contributed by atoms with E-state index in [0.717, 1.165) is 32.1 Å². The van der Waals surface area contributed by atoms with Crippen LogP contribution in [0.15, 0.2) is 53.6 Å². The Morgan fingerprint density at radius 3 is 1.94 bits per heavy atom. The molecule has 0 saturated carbocycles. The van der Waals surface area contributed by atoms with E-state index in [4.69, 9.17) is 8.83 Å². The Morgan fingerprint density at radius 2 is 1.44 bits per heavy atom. The number of carbonyl (C=O) groups excluding carboxylic acids is 2. The Bertz CT molecular complexity index is 1160. The maximum atomic E-state index is 14.0. The smallest absolute Gasteiger partial charge is 0.261 e. The molecule has 0 bridgehead atoms. The van der Waals surface area contributed by atoms with E-state index < -0.39 is 0 Å². The van der Waals surface area contributed by atoms with Gasteiger partial charge in [0.2, 0.25) is 0 Å². The predicted octanol–water partition coefficient (Wildman–Crippen LogP) is 7.22. The van der Waals surface area contributed by atoms with Crippen molar-refractivity contribution in [3.05, 3.63) is 56.3 Å². The molecule has 2 aromatic heterocycles. The summed E-state index contributed by atoms with van der Waals surface area (Å²) in [5, 5.41) is 0. The number of rotatable bonds is 10. The largest absolute Gasteiger partial charge is 0.448 e. The Hall–Kier alpha value is -2.06. The van der Waals surface area contributed by atoms with E-state index in [0.29, 0.717) is 55.9 Å². The monoisotopic (exact) mass is 592 g/mol. The van der Waals surface area contributed by atoms with E-state index in [2.05, 4.69) is 45.7 Å². The van der Waals surface area contributed by atoms with Gasteiger partial charge in [0, 0.05) is 12.6 Å². The lowest BCUT2D eigenvalue weighted by Crippen LogP contribution is -2.36. The highest BCUT2D eigenvalue weighted by Gasteiger charge is 2.51. The molecule has 4 rings (SSSR count). The summed E-state index contributed by atoms with van der Waals surface area (Å²) in [6, 6.07) is 7.08. The van der Waals surface area contributed by atoms with Crippen molar-refractivity contribution in [3.8, 4) is 0 Å². The van der Waals surface area contributed by atoms with Crippen molar-refractivity contribution in [2.45, 2.75) is 65.8 Å². The number of fused-ring (bicyclic) bond motifs is 1. The molecule has 0 aromatic carbocycles. The molecule has 0 aliphatic carbocycles. The van der Waals surface area contributed by atoms with Crippen LogP contribution in [0, 0.1) is 5.92 Å². The van der Waals surface area contributed by atoms with Crippen LogP contribution in [0.2, 0.25) is 0 Å². The van der Waals surface area contributed by atoms with Crippen LogP contribution in [-0.4, -0.2) is 34.2 Å². The molecule has 6 nitrogen and oxygen atoms in total. The minimum atomic E-state index is -0.188. The molecule has 2 amide bonds. The summed E-state index contributed by atoms with van der Waals surface area (Å²) in [5.41, 5.74) is 1.90. The molecule has 0 N–H and O–H groups in total. The molecule has 8 heteroatoms. The molecule has 34 heavy (non-hydrogen) atoms. The standard InChI is InChI=1S/C26H30Br2N2O4/c1-5-8-9-16(7-3)14-29-23(17-10-12-19(27)33-17)21-22(25(29)31)24(18-11-13-20(28)34-18)30(26(21)32)15(4)6-2/h10-13,15-16H,5-9,14H2,1-4H3. The highest BCUT2D eigenvalue weighted by atomic mass is 79.9. The third-order valence-electron chi connectivity index (χ3n) is 6.75. The summed E-state index contributed by atoms with van der Waals surface area (Å²) >= 11 is 6.74. The lowest BCUT2D eigenvalue weighted by molar-refractivity contribution is -0.125. The van der Waals surface area contributed by atoms with Gasteiger partial charge in [0.05, 0.1) is 11.1 Å². The number of furan rings is 2. The van der Waals surface area contributed by atoms with Crippen molar-refractivity contribution < 1.29 is 18.4 Å². The lowest BCUT2D eigenvalue weighted by atomic mass is 9.98. The number of unbranched alkanes of at least 4 members (excludes halogenated alkanes) is 1. The lowest BCUT2D eigenvalue weighted by Gasteiger charge is -2.29. The van der Waals surface area contributed by atoms with Gasteiger partial charge in [0.1, 0.15) is 11.4 Å². The minimum Gasteiger partial charge on any atom is -0.448 e. The Balaban J connectivity index is 1.91. The zero-order valence-electron chi connectivity index (χ0n) is 20.0. The van der Waals surface area contributed by atoms with Crippen molar-refractivity contribution in [3.63, 3.8) is 0 Å². The Morgan fingerprint density at radius 1 is 0.853 bits per heavy atom. The molecule has 4 heterocycles. The zero-order valence-corrected chi connectivity index (χ0v) is 23.2. The molecular formula is C26H30Br2N2O4. The molecule has 2 aliphatic rings. The van der Waals surface area contributed by atoms with Crippen LogP contribution < -0.4 is 0 Å². The van der Waals surface area contributed by atoms with Crippen molar-refractivity contribution in [2.24, 2.45) is 5.92 Å². The molecule has 0 fully saturated rings. The highest BCUT2D eigenvalue weighted by molar-refractivity contribution is 9.10. The van der Waals surface area contributed by atoms with Crippen molar-refractivity contribution in [1.82, 2.24) is 9.80 Å². The van der Waals surface area contributed by atoms with Crippen LogP contribution in [0.25, 0.3) is 11.4 Å². The van der Waals surface area contributed by atoms with Crippen LogP contribution in [0.3, 0.4) is 0 Å². The van der Waals surface area contributed by atoms with Crippen LogP contribution >= 0.6 is 31.9 Å². The van der Waals surface area contributed by atoms with Crippen LogP contribution in [-0.2, 0) is 9.59 Å². The molecule has 0 spiro atoms. The number of hydrogen-bond acceptors (Lipinski definition) is 4. The SMILES string of the molecule is CCCCC(CC)CN1C(=O)C2=C(c3ccc(Br)o3)N(C(C)CC)C(=O)C2=C1c1ccc(Br)o1. The first-order chi connectivity index (χ1) is 16.3. The number of halogens is 2. The first-order valence-electron chi connectivity index (χ1n) is 12.0. The van der Waals surface area contributed by atoms with Crippen molar-refractivity contribution in [2.75, 3.05) is 6.54 Å². The molecule has 2 aliphatic heterocycles. The fraction of sp³-hybridized carbons (Fsp3) is 0.462. The number of nitrogens with zero attached hydrogens (tertiary/aromatic N) is 2. The van der Waals surface area contributed by atoms with E-state index in [-0.39, 0.29) is 17.9 Å². The molecule has 2 aromatic rings. The summed E-state index contributed by atoms with van der Waals surface area (Å²) in [6.07, 6.45) is 4.94. The van der Waals surface area contributed by atoms with Crippen LogP contribution in [0.5, 0.6) is 0 Å². The number of amides is 2. The average Bonchev–Trinajstić information content (AvgIpc) is 3.57. The minimum absolute atomic E-state index is 0.101. The fourth-order valence-electron chi connectivity index (χ4n) is 4.70. The third-order valence-corrected chi connectivity index (χ3v) is 7.61. The molecule has 2 atom stereocenters. The maximum Gasteiger partial charge on any atom is 0.261 e.